The van der Waals surface area contributed by atoms with E-state index in [1.54, 1.807) is 18.5 Å². The fourth-order valence-corrected chi connectivity index (χ4v) is 2.16. The lowest BCUT2D eigenvalue weighted by Gasteiger charge is -2.04. The summed E-state index contributed by atoms with van der Waals surface area (Å²) in [5.74, 6) is -0.723. The van der Waals surface area contributed by atoms with Gasteiger partial charge in [0, 0.05) is 22.7 Å². The van der Waals surface area contributed by atoms with Crippen LogP contribution in [0.25, 0.3) is 10.9 Å². The van der Waals surface area contributed by atoms with Crippen LogP contribution < -0.4 is 11.2 Å². The van der Waals surface area contributed by atoms with Gasteiger partial charge in [-0.05, 0) is 17.7 Å². The van der Waals surface area contributed by atoms with Crippen LogP contribution in [0, 0.1) is 0 Å². The number of carbonyl (C=O) groups excluding carboxylic acids is 2. The van der Waals surface area contributed by atoms with E-state index >= 15 is 0 Å². The number of hydrogen-bond acceptors (Lipinski definition) is 3. The summed E-state index contributed by atoms with van der Waals surface area (Å²) in [5.41, 5.74) is 10.4. The zero-order valence-electron chi connectivity index (χ0n) is 9.36. The second-order valence-corrected chi connectivity index (χ2v) is 4.15. The van der Waals surface area contributed by atoms with E-state index in [0.29, 0.717) is 11.1 Å². The van der Waals surface area contributed by atoms with Crippen LogP contribution in [0.4, 0.5) is 0 Å². The standard InChI is InChI=1S/C12H10N4O2/c13-10(17)3-6-1-8-11-7(4-14-9(11)2-6)5-15-16-12(8)18/h1-2,4-5,14H,3H2,(H2,13,17)(H,16,18). The van der Waals surface area contributed by atoms with Crippen molar-refractivity contribution in [2.45, 2.75) is 6.42 Å². The number of nitrogens with one attached hydrogen (secondary N) is 2. The number of aromatic nitrogens is 1. The molecule has 1 aromatic carbocycles. The van der Waals surface area contributed by atoms with Gasteiger partial charge >= 0.3 is 0 Å². The summed E-state index contributed by atoms with van der Waals surface area (Å²) in [6, 6.07) is 3.49. The monoisotopic (exact) mass is 242 g/mol. The first-order valence-electron chi connectivity index (χ1n) is 5.41. The molecule has 1 aromatic heterocycles. The first kappa shape index (κ1) is 10.5. The molecule has 0 aliphatic carbocycles. The van der Waals surface area contributed by atoms with Gasteiger partial charge in [0.05, 0.1) is 18.2 Å². The van der Waals surface area contributed by atoms with Crippen LogP contribution in [-0.2, 0) is 11.2 Å². The second kappa shape index (κ2) is 3.69. The third-order valence-corrected chi connectivity index (χ3v) is 2.86. The average molecular weight is 242 g/mol. The summed E-state index contributed by atoms with van der Waals surface area (Å²) in [5, 5.41) is 4.63. The van der Waals surface area contributed by atoms with Gasteiger partial charge in [0.15, 0.2) is 0 Å². The number of nitrogens with two attached hydrogens (primary N) is 1. The minimum Gasteiger partial charge on any atom is -0.369 e. The van der Waals surface area contributed by atoms with Crippen molar-refractivity contribution in [3.05, 3.63) is 35.0 Å². The lowest BCUT2D eigenvalue weighted by atomic mass is 10.0. The number of hydrogen-bond donors (Lipinski definition) is 3. The Morgan fingerprint density at radius 3 is 3.00 bits per heavy atom. The second-order valence-electron chi connectivity index (χ2n) is 4.15. The van der Waals surface area contributed by atoms with Crippen molar-refractivity contribution in [2.24, 2.45) is 10.8 Å². The molecule has 0 radical (unpaired) electrons. The van der Waals surface area contributed by atoms with Crippen LogP contribution in [0.5, 0.6) is 0 Å². The molecule has 4 N–H and O–H groups in total. The molecule has 0 atom stereocenters. The van der Waals surface area contributed by atoms with Crippen molar-refractivity contribution in [3.8, 4) is 0 Å². The molecule has 2 aromatic rings. The van der Waals surface area contributed by atoms with Gasteiger partial charge in [-0.2, -0.15) is 5.10 Å². The number of benzene rings is 1. The minimum atomic E-state index is -0.432. The van der Waals surface area contributed by atoms with Gasteiger partial charge in [0.1, 0.15) is 0 Å². The lowest BCUT2D eigenvalue weighted by molar-refractivity contribution is -0.117. The van der Waals surface area contributed by atoms with E-state index < -0.39 is 5.91 Å². The van der Waals surface area contributed by atoms with Gasteiger partial charge in [-0.3, -0.25) is 9.59 Å². The average Bonchev–Trinajstić information content (AvgIpc) is 2.63. The third kappa shape index (κ3) is 1.55. The molecule has 0 saturated heterocycles. The van der Waals surface area contributed by atoms with Crippen LogP contribution in [-0.4, -0.2) is 23.0 Å². The van der Waals surface area contributed by atoms with E-state index in [9.17, 15) is 9.59 Å². The van der Waals surface area contributed by atoms with E-state index in [-0.39, 0.29) is 12.3 Å². The largest absolute Gasteiger partial charge is 0.369 e. The summed E-state index contributed by atoms with van der Waals surface area (Å²) in [4.78, 5) is 25.9. The fraction of sp³-hybridized carbons (Fsp3) is 0.0833. The number of H-pyrrole nitrogens is 1. The molecule has 2 heterocycles. The molecule has 2 amide bonds. The Labute approximate surface area is 102 Å². The quantitative estimate of drug-likeness (QED) is 0.704. The first-order valence-corrected chi connectivity index (χ1v) is 5.41. The number of rotatable bonds is 2. The highest BCUT2D eigenvalue weighted by Crippen LogP contribution is 2.25. The van der Waals surface area contributed by atoms with E-state index in [4.69, 9.17) is 5.73 Å². The van der Waals surface area contributed by atoms with Crippen molar-refractivity contribution in [1.29, 1.82) is 0 Å². The van der Waals surface area contributed by atoms with E-state index in [1.165, 1.54) is 0 Å². The maximum atomic E-state index is 11.9. The van der Waals surface area contributed by atoms with Crippen molar-refractivity contribution in [2.75, 3.05) is 0 Å². The highest BCUT2D eigenvalue weighted by atomic mass is 16.2. The molecule has 0 saturated carbocycles. The SMILES string of the molecule is NC(=O)Cc1cc2c3c(c[nH]c3c1)C=NNC2=O. The molecule has 6 heteroatoms. The molecule has 0 fully saturated rings. The summed E-state index contributed by atoms with van der Waals surface area (Å²) in [6.07, 6.45) is 3.46. The van der Waals surface area contributed by atoms with Gasteiger partial charge in [-0.1, -0.05) is 0 Å². The number of aromatic amines is 1. The Bertz CT molecular complexity index is 699. The molecular weight excluding hydrogens is 232 g/mol. The molecule has 0 bridgehead atoms. The zero-order chi connectivity index (χ0) is 12.7. The summed E-state index contributed by atoms with van der Waals surface area (Å²) in [7, 11) is 0. The molecule has 6 nitrogen and oxygen atoms in total. The predicted molar refractivity (Wildman–Crippen MR) is 66.3 cm³/mol. The summed E-state index contributed by atoms with van der Waals surface area (Å²) in [6.45, 7) is 0. The maximum absolute atomic E-state index is 11.9. The molecule has 90 valence electrons. The van der Waals surface area contributed by atoms with Gasteiger partial charge in [0.25, 0.3) is 5.91 Å². The van der Waals surface area contributed by atoms with Crippen LogP contribution in [0.2, 0.25) is 0 Å². The highest BCUT2D eigenvalue weighted by Gasteiger charge is 2.18. The van der Waals surface area contributed by atoms with E-state index in [2.05, 4.69) is 15.5 Å². The maximum Gasteiger partial charge on any atom is 0.272 e. The molecule has 1 aliphatic rings. The number of carbonyl (C=O) groups is 2. The minimum absolute atomic E-state index is 0.103. The normalized spacial score (nSPS) is 13.4. The van der Waals surface area contributed by atoms with Gasteiger partial charge in [-0.15, -0.1) is 0 Å². The Morgan fingerprint density at radius 1 is 1.39 bits per heavy atom. The van der Waals surface area contributed by atoms with Gasteiger partial charge in [0.2, 0.25) is 5.91 Å². The van der Waals surface area contributed by atoms with Gasteiger partial charge in [-0.25, -0.2) is 5.43 Å². The summed E-state index contributed by atoms with van der Waals surface area (Å²) < 4.78 is 0. The van der Waals surface area contributed by atoms with Crippen molar-refractivity contribution >= 4 is 28.9 Å². The molecular formula is C12H10N4O2. The number of amides is 2. The molecule has 3 rings (SSSR count). The smallest absolute Gasteiger partial charge is 0.272 e. The van der Waals surface area contributed by atoms with E-state index in [0.717, 1.165) is 16.5 Å². The number of primary amides is 1. The van der Waals surface area contributed by atoms with E-state index in [1.807, 2.05) is 6.07 Å². The van der Waals surface area contributed by atoms with Crippen LogP contribution in [0.3, 0.4) is 0 Å². The van der Waals surface area contributed by atoms with Crippen molar-refractivity contribution < 1.29 is 9.59 Å². The summed E-state index contributed by atoms with van der Waals surface area (Å²) >= 11 is 0. The Morgan fingerprint density at radius 2 is 2.22 bits per heavy atom. The molecule has 0 unspecified atom stereocenters. The predicted octanol–water partition coefficient (Wildman–Crippen LogP) is 0.273. The zero-order valence-corrected chi connectivity index (χ0v) is 9.36. The first-order chi connectivity index (χ1) is 8.65. The van der Waals surface area contributed by atoms with Gasteiger partial charge < -0.3 is 10.7 Å². The Hall–Kier alpha value is -2.63. The highest BCUT2D eigenvalue weighted by molar-refractivity contribution is 6.14. The topological polar surface area (TPSA) is 100 Å². The Balaban J connectivity index is 2.27. The molecule has 0 spiro atoms. The van der Waals surface area contributed by atoms with Crippen molar-refractivity contribution in [3.63, 3.8) is 0 Å². The molecule has 1 aliphatic heterocycles. The number of nitrogens with zero attached hydrogens (tertiary/aromatic N) is 1. The lowest BCUT2D eigenvalue weighted by Crippen LogP contribution is -2.18. The molecule has 18 heavy (non-hydrogen) atoms. The number of hydrazone groups is 1. The van der Waals surface area contributed by atoms with Crippen LogP contribution in [0.1, 0.15) is 21.5 Å². The van der Waals surface area contributed by atoms with Crippen molar-refractivity contribution in [1.82, 2.24) is 10.4 Å². The fourth-order valence-electron chi connectivity index (χ4n) is 2.16. The van der Waals surface area contributed by atoms with Crippen LogP contribution in [0.15, 0.2) is 23.4 Å². The van der Waals surface area contributed by atoms with Crippen LogP contribution >= 0.6 is 0 Å². The third-order valence-electron chi connectivity index (χ3n) is 2.86. The Kier molecular flexibility index (Phi) is 2.16.